The van der Waals surface area contributed by atoms with Gasteiger partial charge in [0.1, 0.15) is 0 Å². The van der Waals surface area contributed by atoms with Crippen molar-refractivity contribution in [3.05, 3.63) is 0 Å². The fourth-order valence-electron chi connectivity index (χ4n) is 1.36. The van der Waals surface area contributed by atoms with Crippen LogP contribution in [0.3, 0.4) is 0 Å². The van der Waals surface area contributed by atoms with E-state index in [0.717, 1.165) is 12.8 Å². The molecule has 0 radical (unpaired) electrons. The van der Waals surface area contributed by atoms with Gasteiger partial charge in [-0.2, -0.15) is 0 Å². The number of hydrogen-bond acceptors (Lipinski definition) is 3. The predicted molar refractivity (Wildman–Crippen MR) is 50.2 cm³/mol. The second-order valence-electron chi connectivity index (χ2n) is 3.52. The molecule has 1 aliphatic rings. The first-order valence-corrected chi connectivity index (χ1v) is 4.77. The second kappa shape index (κ2) is 5.19. The monoisotopic (exact) mass is 186 g/mol. The zero-order chi connectivity index (χ0) is 9.68. The Labute approximate surface area is 78.8 Å². The summed E-state index contributed by atoms with van der Waals surface area (Å²) >= 11 is 0. The molecule has 1 aliphatic carbocycles. The fraction of sp³-hybridized carbons (Fsp3) is 0.889. The van der Waals surface area contributed by atoms with Gasteiger partial charge in [0.15, 0.2) is 0 Å². The summed E-state index contributed by atoms with van der Waals surface area (Å²) in [6.07, 6.45) is 3.22. The summed E-state index contributed by atoms with van der Waals surface area (Å²) in [4.78, 5) is 11.4. The molecule has 0 aromatic heterocycles. The average molecular weight is 186 g/mol. The number of carbonyl (C=O) groups excluding carboxylic acids is 1. The first-order chi connectivity index (χ1) is 6.27. The number of methoxy groups -OCH3 is 1. The molecule has 4 heteroatoms. The van der Waals surface area contributed by atoms with Crippen molar-refractivity contribution in [1.82, 2.24) is 5.32 Å². The van der Waals surface area contributed by atoms with Crippen molar-refractivity contribution in [2.24, 2.45) is 11.7 Å². The summed E-state index contributed by atoms with van der Waals surface area (Å²) in [6.45, 7) is 0.932. The van der Waals surface area contributed by atoms with Crippen LogP contribution >= 0.6 is 0 Å². The Morgan fingerprint density at radius 1 is 1.69 bits per heavy atom. The number of ether oxygens (including phenoxy) is 1. The summed E-state index contributed by atoms with van der Waals surface area (Å²) in [5.74, 6) is 0.365. The Morgan fingerprint density at radius 2 is 2.38 bits per heavy atom. The maximum atomic E-state index is 11.4. The van der Waals surface area contributed by atoms with Gasteiger partial charge in [-0.1, -0.05) is 6.42 Å². The van der Waals surface area contributed by atoms with Crippen molar-refractivity contribution >= 4 is 5.91 Å². The Hall–Kier alpha value is -0.610. The molecular weight excluding hydrogens is 168 g/mol. The first kappa shape index (κ1) is 10.5. The molecule has 0 aromatic rings. The van der Waals surface area contributed by atoms with Crippen LogP contribution < -0.4 is 11.1 Å². The van der Waals surface area contributed by atoms with Crippen molar-refractivity contribution in [3.8, 4) is 0 Å². The highest BCUT2D eigenvalue weighted by molar-refractivity contribution is 5.79. The van der Waals surface area contributed by atoms with Gasteiger partial charge in [0.2, 0.25) is 5.91 Å². The highest BCUT2D eigenvalue weighted by Gasteiger charge is 2.26. The number of nitrogens with two attached hydrogens (primary N) is 1. The normalized spacial score (nSPS) is 19.2. The molecule has 1 saturated carbocycles. The van der Waals surface area contributed by atoms with Crippen molar-refractivity contribution in [2.45, 2.75) is 25.3 Å². The zero-order valence-corrected chi connectivity index (χ0v) is 8.08. The zero-order valence-electron chi connectivity index (χ0n) is 8.08. The lowest BCUT2D eigenvalue weighted by Gasteiger charge is -2.26. The van der Waals surface area contributed by atoms with Crippen LogP contribution in [-0.4, -0.2) is 32.2 Å². The lowest BCUT2D eigenvalue weighted by atomic mass is 9.84. The van der Waals surface area contributed by atoms with Crippen molar-refractivity contribution in [1.29, 1.82) is 0 Å². The van der Waals surface area contributed by atoms with Gasteiger partial charge in [0.05, 0.1) is 12.6 Å². The van der Waals surface area contributed by atoms with E-state index < -0.39 is 0 Å². The van der Waals surface area contributed by atoms with E-state index in [1.165, 1.54) is 6.42 Å². The molecule has 1 atom stereocenters. The van der Waals surface area contributed by atoms with Gasteiger partial charge in [-0.05, 0) is 12.8 Å². The molecule has 0 bridgehead atoms. The minimum Gasteiger partial charge on any atom is -0.383 e. The molecule has 1 amide bonds. The van der Waals surface area contributed by atoms with Gasteiger partial charge in [-0.3, -0.25) is 4.79 Å². The van der Waals surface area contributed by atoms with Gasteiger partial charge in [-0.15, -0.1) is 0 Å². The Balaban J connectivity index is 2.23. The van der Waals surface area contributed by atoms with Gasteiger partial charge in [0.25, 0.3) is 0 Å². The quantitative estimate of drug-likeness (QED) is 0.629. The molecule has 0 saturated heterocycles. The molecule has 0 aromatic carbocycles. The van der Waals surface area contributed by atoms with Crippen LogP contribution in [-0.2, 0) is 9.53 Å². The molecule has 1 unspecified atom stereocenters. The second-order valence-corrected chi connectivity index (χ2v) is 3.52. The maximum absolute atomic E-state index is 11.4. The maximum Gasteiger partial charge on any atom is 0.223 e. The van der Waals surface area contributed by atoms with E-state index in [-0.39, 0.29) is 17.9 Å². The van der Waals surface area contributed by atoms with E-state index in [4.69, 9.17) is 10.5 Å². The summed E-state index contributed by atoms with van der Waals surface area (Å²) < 4.78 is 4.93. The van der Waals surface area contributed by atoms with Crippen molar-refractivity contribution < 1.29 is 9.53 Å². The van der Waals surface area contributed by atoms with Crippen LogP contribution in [0.25, 0.3) is 0 Å². The topological polar surface area (TPSA) is 64.3 Å². The van der Waals surface area contributed by atoms with E-state index in [9.17, 15) is 4.79 Å². The van der Waals surface area contributed by atoms with E-state index in [1.807, 2.05) is 0 Å². The fourth-order valence-corrected chi connectivity index (χ4v) is 1.36. The molecule has 13 heavy (non-hydrogen) atoms. The molecule has 76 valence electrons. The Bertz CT molecular complexity index is 169. The molecule has 4 nitrogen and oxygen atoms in total. The van der Waals surface area contributed by atoms with Crippen LogP contribution in [0.4, 0.5) is 0 Å². The third-order valence-electron chi connectivity index (χ3n) is 2.47. The molecule has 0 heterocycles. The minimum absolute atomic E-state index is 0.0295. The molecule has 1 rings (SSSR count). The van der Waals surface area contributed by atoms with E-state index in [2.05, 4.69) is 5.32 Å². The molecule has 0 spiro atoms. The summed E-state index contributed by atoms with van der Waals surface area (Å²) in [6, 6.07) is -0.0295. The summed E-state index contributed by atoms with van der Waals surface area (Å²) in [5.41, 5.74) is 5.47. The summed E-state index contributed by atoms with van der Waals surface area (Å²) in [7, 11) is 1.61. The predicted octanol–water partition coefficient (Wildman–Crippen LogP) is -0.124. The lowest BCUT2D eigenvalue weighted by Crippen LogP contribution is -2.46. The largest absolute Gasteiger partial charge is 0.383 e. The molecule has 3 N–H and O–H groups in total. The van der Waals surface area contributed by atoms with E-state index in [0.29, 0.717) is 13.2 Å². The van der Waals surface area contributed by atoms with Crippen LogP contribution in [0.15, 0.2) is 0 Å². The van der Waals surface area contributed by atoms with Crippen LogP contribution in [0.2, 0.25) is 0 Å². The highest BCUT2D eigenvalue weighted by atomic mass is 16.5. The van der Waals surface area contributed by atoms with Crippen LogP contribution in [0.1, 0.15) is 19.3 Å². The van der Waals surface area contributed by atoms with Gasteiger partial charge >= 0.3 is 0 Å². The molecule has 1 fully saturated rings. The minimum atomic E-state index is -0.0295. The number of rotatable bonds is 5. The number of carbonyl (C=O) groups is 1. The average Bonchev–Trinajstić information content (AvgIpc) is 2.00. The van der Waals surface area contributed by atoms with Crippen LogP contribution in [0.5, 0.6) is 0 Å². The van der Waals surface area contributed by atoms with Crippen molar-refractivity contribution in [2.75, 3.05) is 20.3 Å². The SMILES string of the molecule is COCC(CN)NC(=O)C1CCC1. The third kappa shape index (κ3) is 2.97. The lowest BCUT2D eigenvalue weighted by molar-refractivity contribution is -0.128. The number of amides is 1. The number of nitrogens with one attached hydrogen (secondary N) is 1. The third-order valence-corrected chi connectivity index (χ3v) is 2.47. The van der Waals surface area contributed by atoms with E-state index >= 15 is 0 Å². The smallest absolute Gasteiger partial charge is 0.223 e. The molecule has 0 aliphatic heterocycles. The first-order valence-electron chi connectivity index (χ1n) is 4.77. The summed E-state index contributed by atoms with van der Waals surface area (Å²) in [5, 5.41) is 2.88. The van der Waals surface area contributed by atoms with Crippen molar-refractivity contribution in [3.63, 3.8) is 0 Å². The molecular formula is C9H18N2O2. The Morgan fingerprint density at radius 3 is 2.77 bits per heavy atom. The number of hydrogen-bond donors (Lipinski definition) is 2. The van der Waals surface area contributed by atoms with Gasteiger partial charge in [-0.25, -0.2) is 0 Å². The standard InChI is InChI=1S/C9H18N2O2/c1-13-6-8(5-10)11-9(12)7-3-2-4-7/h7-8H,2-6,10H2,1H3,(H,11,12). The Kier molecular flexibility index (Phi) is 4.18. The van der Waals surface area contributed by atoms with Gasteiger partial charge < -0.3 is 15.8 Å². The van der Waals surface area contributed by atoms with Gasteiger partial charge in [0, 0.05) is 19.6 Å². The highest BCUT2D eigenvalue weighted by Crippen LogP contribution is 2.26. The van der Waals surface area contributed by atoms with E-state index in [1.54, 1.807) is 7.11 Å². The van der Waals surface area contributed by atoms with Crippen LogP contribution in [0, 0.1) is 5.92 Å².